The molecule has 21 heavy (non-hydrogen) atoms. The second kappa shape index (κ2) is 7.29. The maximum atomic E-state index is 5.54. The molecule has 114 valence electrons. The number of methoxy groups -OCH3 is 2. The van der Waals surface area contributed by atoms with E-state index in [1.165, 1.54) is 10.4 Å². The fourth-order valence-electron chi connectivity index (χ4n) is 2.40. The predicted octanol–water partition coefficient (Wildman–Crippen LogP) is 4.54. The minimum absolute atomic E-state index is 0.0857. The Balaban J connectivity index is 2.54. The van der Waals surface area contributed by atoms with Crippen molar-refractivity contribution in [2.24, 2.45) is 0 Å². The standard InChI is InChI=1S/C16H20BrNO2S/c1-5-18-16(12-9-15(17)21-10(12)2)13-8-11(19-3)6-7-14(13)20-4/h6-9,16,18H,5H2,1-4H3. The van der Waals surface area contributed by atoms with Gasteiger partial charge in [-0.2, -0.15) is 0 Å². The number of rotatable bonds is 6. The molecule has 3 nitrogen and oxygen atoms in total. The van der Waals surface area contributed by atoms with Crippen molar-refractivity contribution in [2.45, 2.75) is 19.9 Å². The molecule has 0 aliphatic heterocycles. The Morgan fingerprint density at radius 1 is 1.19 bits per heavy atom. The molecule has 1 heterocycles. The molecule has 1 N–H and O–H groups in total. The Labute approximate surface area is 138 Å². The SMILES string of the molecule is CCNC(c1cc(OC)ccc1OC)c1cc(Br)sc1C. The van der Waals surface area contributed by atoms with E-state index in [1.54, 1.807) is 25.6 Å². The van der Waals surface area contributed by atoms with Gasteiger partial charge in [0, 0.05) is 10.4 Å². The third kappa shape index (κ3) is 3.59. The first-order valence-corrected chi connectivity index (χ1v) is 8.42. The number of hydrogen-bond acceptors (Lipinski definition) is 4. The van der Waals surface area contributed by atoms with Crippen LogP contribution in [-0.4, -0.2) is 20.8 Å². The lowest BCUT2D eigenvalue weighted by atomic mass is 9.98. The van der Waals surface area contributed by atoms with Crippen LogP contribution in [-0.2, 0) is 0 Å². The van der Waals surface area contributed by atoms with E-state index in [4.69, 9.17) is 9.47 Å². The summed E-state index contributed by atoms with van der Waals surface area (Å²) in [5.41, 5.74) is 2.35. The lowest BCUT2D eigenvalue weighted by molar-refractivity contribution is 0.394. The lowest BCUT2D eigenvalue weighted by Gasteiger charge is -2.21. The summed E-state index contributed by atoms with van der Waals surface area (Å²) in [5.74, 6) is 1.70. The van der Waals surface area contributed by atoms with Crippen LogP contribution in [0.1, 0.15) is 29.0 Å². The van der Waals surface area contributed by atoms with Crippen LogP contribution in [0.3, 0.4) is 0 Å². The van der Waals surface area contributed by atoms with Crippen molar-refractivity contribution in [1.82, 2.24) is 5.32 Å². The molecule has 1 atom stereocenters. The summed E-state index contributed by atoms with van der Waals surface area (Å²) < 4.78 is 12.0. The van der Waals surface area contributed by atoms with Gasteiger partial charge in [0.2, 0.25) is 0 Å². The summed E-state index contributed by atoms with van der Waals surface area (Å²) in [6.45, 7) is 5.12. The average Bonchev–Trinajstić information content (AvgIpc) is 2.82. The van der Waals surface area contributed by atoms with Crippen LogP contribution in [0.4, 0.5) is 0 Å². The number of aryl methyl sites for hydroxylation is 1. The van der Waals surface area contributed by atoms with E-state index in [9.17, 15) is 0 Å². The number of ether oxygens (including phenoxy) is 2. The molecule has 1 aromatic carbocycles. The first kappa shape index (κ1) is 16.3. The maximum absolute atomic E-state index is 5.54. The zero-order valence-corrected chi connectivity index (χ0v) is 15.1. The Kier molecular flexibility index (Phi) is 5.67. The van der Waals surface area contributed by atoms with E-state index >= 15 is 0 Å². The molecule has 1 aromatic heterocycles. The summed E-state index contributed by atoms with van der Waals surface area (Å²) in [7, 11) is 3.38. The van der Waals surface area contributed by atoms with Gasteiger partial charge >= 0.3 is 0 Å². The Morgan fingerprint density at radius 2 is 1.95 bits per heavy atom. The minimum Gasteiger partial charge on any atom is -0.497 e. The molecule has 0 saturated carbocycles. The topological polar surface area (TPSA) is 30.5 Å². The fraction of sp³-hybridized carbons (Fsp3) is 0.375. The van der Waals surface area contributed by atoms with Crippen LogP contribution < -0.4 is 14.8 Å². The van der Waals surface area contributed by atoms with Crippen molar-refractivity contribution in [1.29, 1.82) is 0 Å². The van der Waals surface area contributed by atoms with Gasteiger partial charge in [-0.1, -0.05) is 6.92 Å². The molecular formula is C16H20BrNO2S. The van der Waals surface area contributed by atoms with Gasteiger partial charge in [0.05, 0.1) is 24.0 Å². The third-order valence-electron chi connectivity index (χ3n) is 3.39. The van der Waals surface area contributed by atoms with Crippen LogP contribution >= 0.6 is 27.3 Å². The zero-order chi connectivity index (χ0) is 15.4. The number of halogens is 1. The summed E-state index contributed by atoms with van der Waals surface area (Å²) in [6, 6.07) is 8.17. The molecule has 0 radical (unpaired) electrons. The van der Waals surface area contributed by atoms with E-state index < -0.39 is 0 Å². The van der Waals surface area contributed by atoms with E-state index in [0.717, 1.165) is 27.4 Å². The summed E-state index contributed by atoms with van der Waals surface area (Å²) in [6.07, 6.45) is 0. The largest absolute Gasteiger partial charge is 0.497 e. The smallest absolute Gasteiger partial charge is 0.124 e. The van der Waals surface area contributed by atoms with E-state index in [-0.39, 0.29) is 6.04 Å². The van der Waals surface area contributed by atoms with Crippen LogP contribution in [0.15, 0.2) is 28.1 Å². The molecule has 2 rings (SSSR count). The fourth-order valence-corrected chi connectivity index (χ4v) is 4.15. The molecule has 0 aliphatic carbocycles. The van der Waals surface area contributed by atoms with Gasteiger partial charge in [-0.3, -0.25) is 0 Å². The van der Waals surface area contributed by atoms with Crippen molar-refractivity contribution in [2.75, 3.05) is 20.8 Å². The van der Waals surface area contributed by atoms with Crippen LogP contribution in [0.25, 0.3) is 0 Å². The molecule has 0 saturated heterocycles. The van der Waals surface area contributed by atoms with Gasteiger partial charge in [0.1, 0.15) is 11.5 Å². The van der Waals surface area contributed by atoms with Gasteiger partial charge in [-0.25, -0.2) is 0 Å². The van der Waals surface area contributed by atoms with Gasteiger partial charge < -0.3 is 14.8 Å². The average molecular weight is 370 g/mol. The molecule has 0 spiro atoms. The highest BCUT2D eigenvalue weighted by molar-refractivity contribution is 9.11. The Bertz CT molecular complexity index is 612. The van der Waals surface area contributed by atoms with E-state index in [2.05, 4.69) is 41.2 Å². The van der Waals surface area contributed by atoms with Crippen LogP contribution in [0.5, 0.6) is 11.5 Å². The number of nitrogens with one attached hydrogen (secondary N) is 1. The van der Waals surface area contributed by atoms with E-state index in [0.29, 0.717) is 0 Å². The molecule has 2 aromatic rings. The first-order chi connectivity index (χ1) is 10.1. The highest BCUT2D eigenvalue weighted by Gasteiger charge is 2.21. The summed E-state index contributed by atoms with van der Waals surface area (Å²) in [5, 5.41) is 3.55. The van der Waals surface area contributed by atoms with Gasteiger partial charge in [0.15, 0.2) is 0 Å². The van der Waals surface area contributed by atoms with Gasteiger partial charge in [0.25, 0.3) is 0 Å². The van der Waals surface area contributed by atoms with Gasteiger partial charge in [-0.05, 0) is 59.2 Å². The predicted molar refractivity (Wildman–Crippen MR) is 91.8 cm³/mol. The second-order valence-electron chi connectivity index (χ2n) is 4.66. The second-order valence-corrected chi connectivity index (χ2v) is 7.30. The third-order valence-corrected chi connectivity index (χ3v) is 4.96. The maximum Gasteiger partial charge on any atom is 0.124 e. The number of benzene rings is 1. The number of hydrogen-bond donors (Lipinski definition) is 1. The van der Waals surface area contributed by atoms with Crippen molar-refractivity contribution < 1.29 is 9.47 Å². The first-order valence-electron chi connectivity index (χ1n) is 6.81. The Morgan fingerprint density at radius 3 is 2.48 bits per heavy atom. The summed E-state index contributed by atoms with van der Waals surface area (Å²) >= 11 is 5.32. The minimum atomic E-state index is 0.0857. The molecule has 0 bridgehead atoms. The summed E-state index contributed by atoms with van der Waals surface area (Å²) in [4.78, 5) is 1.29. The van der Waals surface area contributed by atoms with E-state index in [1.807, 2.05) is 18.2 Å². The van der Waals surface area contributed by atoms with Crippen LogP contribution in [0.2, 0.25) is 0 Å². The van der Waals surface area contributed by atoms with Crippen molar-refractivity contribution in [3.8, 4) is 11.5 Å². The highest BCUT2D eigenvalue weighted by Crippen LogP contribution is 2.38. The molecule has 5 heteroatoms. The monoisotopic (exact) mass is 369 g/mol. The molecule has 0 fully saturated rings. The normalized spacial score (nSPS) is 12.2. The zero-order valence-electron chi connectivity index (χ0n) is 12.7. The number of thiophene rings is 1. The molecular weight excluding hydrogens is 350 g/mol. The molecule has 1 unspecified atom stereocenters. The molecule has 0 amide bonds. The van der Waals surface area contributed by atoms with Gasteiger partial charge in [-0.15, -0.1) is 11.3 Å². The lowest BCUT2D eigenvalue weighted by Crippen LogP contribution is -2.22. The molecule has 0 aliphatic rings. The van der Waals surface area contributed by atoms with Crippen LogP contribution in [0, 0.1) is 6.92 Å². The van der Waals surface area contributed by atoms with Crippen molar-refractivity contribution in [3.05, 3.63) is 44.1 Å². The van der Waals surface area contributed by atoms with Crippen molar-refractivity contribution >= 4 is 27.3 Å². The quantitative estimate of drug-likeness (QED) is 0.810. The van der Waals surface area contributed by atoms with Crippen molar-refractivity contribution in [3.63, 3.8) is 0 Å². The Hall–Kier alpha value is -1.04. The highest BCUT2D eigenvalue weighted by atomic mass is 79.9.